The Morgan fingerprint density at radius 2 is 2.10 bits per heavy atom. The van der Waals surface area contributed by atoms with Crippen LogP contribution in [-0.2, 0) is 6.54 Å². The number of nitrogens with zero attached hydrogens (tertiary/aromatic N) is 1. The van der Waals surface area contributed by atoms with Gasteiger partial charge in [-0.1, -0.05) is 25.8 Å². The number of hydrogen-bond acceptors (Lipinski definition) is 3. The minimum atomic E-state index is 0.107. The molecular formula is C18H30N2O. The fourth-order valence-electron chi connectivity index (χ4n) is 2.87. The monoisotopic (exact) mass is 290 g/mol. The van der Waals surface area contributed by atoms with Gasteiger partial charge in [0.2, 0.25) is 5.88 Å². The van der Waals surface area contributed by atoms with E-state index >= 15 is 0 Å². The van der Waals surface area contributed by atoms with Crippen LogP contribution in [0.15, 0.2) is 18.2 Å². The Morgan fingerprint density at radius 3 is 2.81 bits per heavy atom. The number of nitrogens with one attached hydrogen (secondary N) is 1. The van der Waals surface area contributed by atoms with Crippen molar-refractivity contribution in [3.05, 3.63) is 23.9 Å². The van der Waals surface area contributed by atoms with Crippen molar-refractivity contribution < 1.29 is 4.74 Å². The minimum Gasteiger partial charge on any atom is -0.474 e. The summed E-state index contributed by atoms with van der Waals surface area (Å²) in [7, 11) is 0. The summed E-state index contributed by atoms with van der Waals surface area (Å²) in [5.41, 5.74) is 1.15. The van der Waals surface area contributed by atoms with Gasteiger partial charge < -0.3 is 10.1 Å². The second-order valence-electron chi connectivity index (χ2n) is 7.25. The normalized spacial score (nSPS) is 23.0. The van der Waals surface area contributed by atoms with Crippen LogP contribution in [0.4, 0.5) is 0 Å². The molecule has 1 N–H and O–H groups in total. The maximum atomic E-state index is 6.12. The van der Waals surface area contributed by atoms with E-state index in [2.05, 4.69) is 44.1 Å². The molecule has 3 nitrogen and oxygen atoms in total. The van der Waals surface area contributed by atoms with Crippen molar-refractivity contribution in [3.8, 4) is 5.88 Å². The highest BCUT2D eigenvalue weighted by atomic mass is 16.5. The third-order valence-electron chi connectivity index (χ3n) is 4.18. The highest BCUT2D eigenvalue weighted by Gasteiger charge is 2.22. The Morgan fingerprint density at radius 1 is 1.29 bits per heavy atom. The van der Waals surface area contributed by atoms with E-state index in [-0.39, 0.29) is 5.54 Å². The van der Waals surface area contributed by atoms with Crippen molar-refractivity contribution in [2.24, 2.45) is 5.92 Å². The number of ether oxygens (including phenoxy) is 1. The molecule has 0 saturated heterocycles. The molecule has 1 fully saturated rings. The summed E-state index contributed by atoms with van der Waals surface area (Å²) >= 11 is 0. The summed E-state index contributed by atoms with van der Waals surface area (Å²) < 4.78 is 6.12. The maximum absolute atomic E-state index is 6.12. The molecule has 1 heterocycles. The number of rotatable bonds is 5. The topological polar surface area (TPSA) is 34.1 Å². The molecule has 2 unspecified atom stereocenters. The van der Waals surface area contributed by atoms with Crippen molar-refractivity contribution in [1.29, 1.82) is 0 Å². The van der Waals surface area contributed by atoms with Crippen LogP contribution in [0.2, 0.25) is 0 Å². The van der Waals surface area contributed by atoms with E-state index in [1.165, 1.54) is 32.1 Å². The third-order valence-corrected chi connectivity index (χ3v) is 4.18. The lowest BCUT2D eigenvalue weighted by molar-refractivity contribution is 0.117. The van der Waals surface area contributed by atoms with Gasteiger partial charge in [-0.15, -0.1) is 0 Å². The van der Waals surface area contributed by atoms with Crippen molar-refractivity contribution in [3.63, 3.8) is 0 Å². The summed E-state index contributed by atoms with van der Waals surface area (Å²) in [4.78, 5) is 4.64. The zero-order chi connectivity index (χ0) is 15.3. The average molecular weight is 290 g/mol. The van der Waals surface area contributed by atoms with Crippen molar-refractivity contribution in [1.82, 2.24) is 10.3 Å². The van der Waals surface area contributed by atoms with Gasteiger partial charge in [0.15, 0.2) is 0 Å². The summed E-state index contributed by atoms with van der Waals surface area (Å²) in [5, 5.41) is 3.47. The van der Waals surface area contributed by atoms with E-state index in [0.717, 1.165) is 24.0 Å². The third kappa shape index (κ3) is 5.66. The first-order valence-corrected chi connectivity index (χ1v) is 8.34. The Hall–Kier alpha value is -1.09. The molecule has 0 spiro atoms. The summed E-state index contributed by atoms with van der Waals surface area (Å²) in [6.45, 7) is 9.56. The molecule has 0 bridgehead atoms. The van der Waals surface area contributed by atoms with Gasteiger partial charge in [0, 0.05) is 18.2 Å². The Bertz CT molecular complexity index is 439. The van der Waals surface area contributed by atoms with Crippen LogP contribution < -0.4 is 10.1 Å². The van der Waals surface area contributed by atoms with E-state index in [1.54, 1.807) is 0 Å². The molecule has 21 heavy (non-hydrogen) atoms. The summed E-state index contributed by atoms with van der Waals surface area (Å²) in [5.74, 6) is 1.61. The molecule has 1 aliphatic carbocycles. The largest absolute Gasteiger partial charge is 0.474 e. The predicted octanol–water partition coefficient (Wildman–Crippen LogP) is 4.32. The van der Waals surface area contributed by atoms with Gasteiger partial charge in [-0.3, -0.25) is 0 Å². The first-order valence-electron chi connectivity index (χ1n) is 8.34. The van der Waals surface area contributed by atoms with Gasteiger partial charge in [0.1, 0.15) is 6.10 Å². The molecule has 0 radical (unpaired) electrons. The summed E-state index contributed by atoms with van der Waals surface area (Å²) in [6.07, 6.45) is 6.61. The number of aromatic nitrogens is 1. The molecule has 3 heteroatoms. The lowest BCUT2D eigenvalue weighted by Crippen LogP contribution is -2.35. The lowest BCUT2D eigenvalue weighted by atomic mass is 9.85. The van der Waals surface area contributed by atoms with Crippen LogP contribution in [0.25, 0.3) is 0 Å². The fourth-order valence-corrected chi connectivity index (χ4v) is 2.87. The van der Waals surface area contributed by atoms with E-state index < -0.39 is 0 Å². The molecule has 1 aromatic heterocycles. The van der Waals surface area contributed by atoms with Gasteiger partial charge in [-0.05, 0) is 52.0 Å². The molecule has 0 amide bonds. The Labute approximate surface area is 129 Å². The highest BCUT2D eigenvalue weighted by molar-refractivity contribution is 5.16. The zero-order valence-electron chi connectivity index (χ0n) is 14.0. The molecule has 0 aromatic carbocycles. The zero-order valence-corrected chi connectivity index (χ0v) is 14.0. The molecular weight excluding hydrogens is 260 g/mol. The van der Waals surface area contributed by atoms with Crippen LogP contribution in [0.1, 0.15) is 65.5 Å². The minimum absolute atomic E-state index is 0.107. The SMILES string of the molecule is CCC1CCCC(Oc2cccc(CNC(C)(C)C)n2)C1. The van der Waals surface area contributed by atoms with Crippen molar-refractivity contribution >= 4 is 0 Å². The molecule has 0 aliphatic heterocycles. The van der Waals surface area contributed by atoms with Gasteiger partial charge in [-0.2, -0.15) is 0 Å². The molecule has 1 saturated carbocycles. The van der Waals surface area contributed by atoms with Gasteiger partial charge in [0.25, 0.3) is 0 Å². The van der Waals surface area contributed by atoms with Crippen LogP contribution in [0, 0.1) is 5.92 Å². The standard InChI is InChI=1S/C18H30N2O/c1-5-14-8-6-10-16(12-14)21-17-11-7-9-15(20-17)13-19-18(2,3)4/h7,9,11,14,16,19H,5-6,8,10,12-13H2,1-4H3. The van der Waals surface area contributed by atoms with Crippen LogP contribution in [0.3, 0.4) is 0 Å². The highest BCUT2D eigenvalue weighted by Crippen LogP contribution is 2.29. The van der Waals surface area contributed by atoms with E-state index in [0.29, 0.717) is 6.10 Å². The second kappa shape index (κ2) is 7.26. The number of pyridine rings is 1. The Kier molecular flexibility index (Phi) is 5.63. The number of hydrogen-bond donors (Lipinski definition) is 1. The molecule has 2 atom stereocenters. The van der Waals surface area contributed by atoms with Gasteiger partial charge in [-0.25, -0.2) is 4.98 Å². The predicted molar refractivity (Wildman–Crippen MR) is 87.5 cm³/mol. The lowest BCUT2D eigenvalue weighted by Gasteiger charge is -2.28. The first kappa shape index (κ1) is 16.3. The molecule has 118 valence electrons. The smallest absolute Gasteiger partial charge is 0.213 e. The average Bonchev–Trinajstić information content (AvgIpc) is 2.45. The van der Waals surface area contributed by atoms with Crippen molar-refractivity contribution in [2.75, 3.05) is 0 Å². The summed E-state index contributed by atoms with van der Waals surface area (Å²) in [6, 6.07) is 6.08. The molecule has 1 aliphatic rings. The van der Waals surface area contributed by atoms with E-state index in [4.69, 9.17) is 4.74 Å². The van der Waals surface area contributed by atoms with E-state index in [9.17, 15) is 0 Å². The van der Waals surface area contributed by atoms with E-state index in [1.807, 2.05) is 12.1 Å². The molecule has 1 aromatic rings. The van der Waals surface area contributed by atoms with Crippen molar-refractivity contribution in [2.45, 2.75) is 78.0 Å². The van der Waals surface area contributed by atoms with Gasteiger partial charge >= 0.3 is 0 Å². The van der Waals surface area contributed by atoms with Crippen LogP contribution in [-0.4, -0.2) is 16.6 Å². The maximum Gasteiger partial charge on any atom is 0.213 e. The molecule has 2 rings (SSSR count). The van der Waals surface area contributed by atoms with Crippen LogP contribution >= 0.6 is 0 Å². The quantitative estimate of drug-likeness (QED) is 0.877. The first-order chi connectivity index (χ1) is 9.96. The van der Waals surface area contributed by atoms with Gasteiger partial charge in [0.05, 0.1) is 5.69 Å². The van der Waals surface area contributed by atoms with Crippen LogP contribution in [0.5, 0.6) is 5.88 Å². The second-order valence-corrected chi connectivity index (χ2v) is 7.25. The Balaban J connectivity index is 1.91. The fraction of sp³-hybridized carbons (Fsp3) is 0.722.